The molecule has 142 valence electrons. The average Bonchev–Trinajstić information content (AvgIpc) is 3.10. The molecular weight excluding hydrogens is 354 g/mol. The zero-order valence-electron chi connectivity index (χ0n) is 13.9. The molecule has 0 spiro atoms. The summed E-state index contributed by atoms with van der Waals surface area (Å²) in [6.45, 7) is 3.06. The molecule has 2 saturated heterocycles. The van der Waals surface area contributed by atoms with Gasteiger partial charge in [0.15, 0.2) is 24.3 Å². The van der Waals surface area contributed by atoms with E-state index in [0.717, 1.165) is 4.57 Å². The van der Waals surface area contributed by atoms with Crippen LogP contribution in [-0.4, -0.2) is 58.1 Å². The maximum absolute atomic E-state index is 12.1. The third-order valence-corrected chi connectivity index (χ3v) is 3.67. The van der Waals surface area contributed by atoms with E-state index >= 15 is 0 Å². The summed E-state index contributed by atoms with van der Waals surface area (Å²) >= 11 is 0. The third-order valence-electron chi connectivity index (χ3n) is 3.67. The Hall–Kier alpha value is -2.86. The van der Waals surface area contributed by atoms with Crippen molar-refractivity contribution in [1.82, 2.24) is 9.55 Å². The van der Waals surface area contributed by atoms with Crippen LogP contribution in [0.2, 0.25) is 0 Å². The lowest BCUT2D eigenvalue weighted by Gasteiger charge is -2.18. The van der Waals surface area contributed by atoms with Crippen LogP contribution in [0.4, 0.5) is 15.4 Å². The molecule has 0 bridgehead atoms. The van der Waals surface area contributed by atoms with Crippen LogP contribution in [0.1, 0.15) is 20.1 Å². The Morgan fingerprint density at radius 2 is 2.12 bits per heavy atom. The Balaban J connectivity index is 1.75. The molecule has 2 N–H and O–H groups in total. The first-order valence-electron chi connectivity index (χ1n) is 7.74. The van der Waals surface area contributed by atoms with Crippen LogP contribution in [0.25, 0.3) is 0 Å². The zero-order valence-corrected chi connectivity index (χ0v) is 13.9. The molecule has 0 amide bonds. The summed E-state index contributed by atoms with van der Waals surface area (Å²) in [7, 11) is 0. The summed E-state index contributed by atoms with van der Waals surface area (Å²) in [5.41, 5.74) is 0.996. The molecule has 2 aliphatic heterocycles. The second-order valence-corrected chi connectivity index (χ2v) is 5.82. The molecule has 2 aliphatic rings. The molecule has 26 heavy (non-hydrogen) atoms. The number of anilines is 1. The van der Waals surface area contributed by atoms with Crippen LogP contribution >= 0.6 is 0 Å². The molecule has 0 unspecified atom stereocenters. The van der Waals surface area contributed by atoms with Crippen molar-refractivity contribution in [2.75, 3.05) is 12.1 Å². The summed E-state index contributed by atoms with van der Waals surface area (Å²) in [4.78, 5) is 38.6. The smallest absolute Gasteiger partial charge is 0.432 e. The SMILES string of the molecule is CC(C)OC(=O)OC[C@H]1O[C@@H](n2ccc(NO)nc2=O)[C@@H]2OC(=O)O[C@@H]21. The predicted octanol–water partition coefficient (Wildman–Crippen LogP) is 0.407. The van der Waals surface area contributed by atoms with Crippen molar-refractivity contribution in [3.63, 3.8) is 0 Å². The number of hydrogen-bond acceptors (Lipinski definition) is 11. The quantitative estimate of drug-likeness (QED) is 0.547. The molecule has 0 saturated carbocycles. The fourth-order valence-electron chi connectivity index (χ4n) is 2.63. The summed E-state index contributed by atoms with van der Waals surface area (Å²) in [6, 6.07) is 1.32. The first-order valence-corrected chi connectivity index (χ1v) is 7.74. The molecule has 3 heterocycles. The number of nitrogens with one attached hydrogen (secondary N) is 1. The number of ether oxygens (including phenoxy) is 5. The topological polar surface area (TPSA) is 147 Å². The van der Waals surface area contributed by atoms with Gasteiger partial charge in [-0.15, -0.1) is 0 Å². The van der Waals surface area contributed by atoms with E-state index in [9.17, 15) is 14.4 Å². The van der Waals surface area contributed by atoms with Crippen molar-refractivity contribution in [3.05, 3.63) is 22.7 Å². The Kier molecular flexibility index (Phi) is 4.95. The van der Waals surface area contributed by atoms with Gasteiger partial charge in [0, 0.05) is 6.20 Å². The minimum absolute atomic E-state index is 0.0585. The van der Waals surface area contributed by atoms with E-state index in [1.807, 2.05) is 0 Å². The van der Waals surface area contributed by atoms with Gasteiger partial charge < -0.3 is 23.7 Å². The summed E-state index contributed by atoms with van der Waals surface area (Å²) in [6.07, 6.45) is -4.57. The first-order chi connectivity index (χ1) is 12.4. The van der Waals surface area contributed by atoms with Gasteiger partial charge in [0.05, 0.1) is 6.10 Å². The zero-order chi connectivity index (χ0) is 18.8. The minimum Gasteiger partial charge on any atom is -0.432 e. The second kappa shape index (κ2) is 7.17. The van der Waals surface area contributed by atoms with E-state index in [4.69, 9.17) is 28.9 Å². The van der Waals surface area contributed by atoms with Crippen LogP contribution in [-0.2, 0) is 23.7 Å². The summed E-state index contributed by atoms with van der Waals surface area (Å²) < 4.78 is 26.6. The highest BCUT2D eigenvalue weighted by Gasteiger charge is 2.55. The molecule has 0 aliphatic carbocycles. The highest BCUT2D eigenvalue weighted by Crippen LogP contribution is 2.37. The van der Waals surface area contributed by atoms with Gasteiger partial charge in [-0.2, -0.15) is 4.98 Å². The molecule has 0 radical (unpaired) electrons. The lowest BCUT2D eigenvalue weighted by Crippen LogP contribution is -2.34. The van der Waals surface area contributed by atoms with Gasteiger partial charge >= 0.3 is 18.0 Å². The van der Waals surface area contributed by atoms with Gasteiger partial charge in [-0.05, 0) is 19.9 Å². The molecule has 12 nitrogen and oxygen atoms in total. The number of aromatic nitrogens is 2. The Morgan fingerprint density at radius 3 is 2.77 bits per heavy atom. The van der Waals surface area contributed by atoms with Crippen molar-refractivity contribution in [3.8, 4) is 0 Å². The highest BCUT2D eigenvalue weighted by atomic mass is 16.8. The largest absolute Gasteiger partial charge is 0.509 e. The maximum Gasteiger partial charge on any atom is 0.509 e. The number of fused-ring (bicyclic) bond motifs is 1. The summed E-state index contributed by atoms with van der Waals surface area (Å²) in [5.74, 6) is -0.0585. The van der Waals surface area contributed by atoms with Gasteiger partial charge in [0.25, 0.3) is 0 Å². The maximum atomic E-state index is 12.1. The molecule has 12 heteroatoms. The van der Waals surface area contributed by atoms with E-state index in [-0.39, 0.29) is 18.5 Å². The van der Waals surface area contributed by atoms with Crippen LogP contribution in [0, 0.1) is 0 Å². The predicted molar refractivity (Wildman–Crippen MR) is 80.5 cm³/mol. The van der Waals surface area contributed by atoms with Gasteiger partial charge in [0.1, 0.15) is 12.7 Å². The van der Waals surface area contributed by atoms with Crippen LogP contribution in [0.15, 0.2) is 17.1 Å². The van der Waals surface area contributed by atoms with E-state index in [2.05, 4.69) is 4.98 Å². The van der Waals surface area contributed by atoms with Crippen molar-refractivity contribution < 1.29 is 38.5 Å². The van der Waals surface area contributed by atoms with Gasteiger partial charge in [-0.3, -0.25) is 15.3 Å². The monoisotopic (exact) mass is 371 g/mol. The van der Waals surface area contributed by atoms with Crippen molar-refractivity contribution in [2.24, 2.45) is 0 Å². The molecule has 4 atom stereocenters. The van der Waals surface area contributed by atoms with Gasteiger partial charge in [-0.1, -0.05) is 0 Å². The van der Waals surface area contributed by atoms with Gasteiger partial charge in [0.2, 0.25) is 0 Å². The van der Waals surface area contributed by atoms with E-state index in [1.165, 1.54) is 12.3 Å². The molecule has 0 aromatic carbocycles. The van der Waals surface area contributed by atoms with Crippen molar-refractivity contribution in [1.29, 1.82) is 0 Å². The second-order valence-electron chi connectivity index (χ2n) is 5.82. The van der Waals surface area contributed by atoms with Crippen molar-refractivity contribution in [2.45, 2.75) is 44.5 Å². The number of carbonyl (C=O) groups is 2. The Bertz CT molecular complexity index is 749. The fourth-order valence-corrected chi connectivity index (χ4v) is 2.63. The van der Waals surface area contributed by atoms with E-state index in [1.54, 1.807) is 19.3 Å². The molecule has 1 aromatic heterocycles. The normalized spacial score (nSPS) is 26.8. The van der Waals surface area contributed by atoms with E-state index in [0.29, 0.717) is 0 Å². The highest BCUT2D eigenvalue weighted by molar-refractivity contribution is 5.63. The van der Waals surface area contributed by atoms with Gasteiger partial charge in [-0.25, -0.2) is 14.4 Å². The Morgan fingerprint density at radius 1 is 1.38 bits per heavy atom. The van der Waals surface area contributed by atoms with Crippen molar-refractivity contribution >= 4 is 18.1 Å². The third kappa shape index (κ3) is 3.55. The van der Waals surface area contributed by atoms with Crippen LogP contribution in [0.3, 0.4) is 0 Å². The standard InChI is InChI=1S/C14H17N3O9/c1-6(2)23-13(19)22-5-7-9-10(26-14(20)25-9)11(24-7)17-4-3-8(16-21)15-12(17)18/h3-4,6-7,9-11,21H,5H2,1-2H3,(H,15,16,18)/t7-,9-,10-,11-/m1/s1. The fraction of sp³-hybridized carbons (Fsp3) is 0.571. The average molecular weight is 371 g/mol. The molecule has 2 fully saturated rings. The van der Waals surface area contributed by atoms with Crippen LogP contribution in [0.5, 0.6) is 0 Å². The number of nitrogens with zero attached hydrogens (tertiary/aromatic N) is 2. The first kappa shape index (κ1) is 17.9. The number of carbonyl (C=O) groups excluding carboxylic acids is 2. The molecule has 1 aromatic rings. The minimum atomic E-state index is -1.03. The lowest BCUT2D eigenvalue weighted by atomic mass is 10.1. The summed E-state index contributed by atoms with van der Waals surface area (Å²) in [5, 5.41) is 8.79. The van der Waals surface area contributed by atoms with Crippen LogP contribution < -0.4 is 11.2 Å². The number of hydrogen-bond donors (Lipinski definition) is 2. The van der Waals surface area contributed by atoms with E-state index < -0.39 is 42.5 Å². The lowest BCUT2D eigenvalue weighted by molar-refractivity contribution is -0.0818. The Labute approximate surface area is 146 Å². The number of rotatable bonds is 5. The molecular formula is C14H17N3O9. The molecule has 3 rings (SSSR count).